The van der Waals surface area contributed by atoms with Gasteiger partial charge in [-0.1, -0.05) is 35.0 Å². The number of nitrogens with zero attached hydrogens (tertiary/aromatic N) is 1. The minimum Gasteiger partial charge on any atom is -0.459 e. The van der Waals surface area contributed by atoms with Gasteiger partial charge in [-0.25, -0.2) is 5.43 Å². The molecule has 1 aromatic heterocycles. The first-order chi connectivity index (χ1) is 9.20. The number of benzene rings is 1. The van der Waals surface area contributed by atoms with E-state index in [1.54, 1.807) is 12.1 Å². The third-order valence-corrected chi connectivity index (χ3v) is 3.02. The Balaban J connectivity index is 2.14. The van der Waals surface area contributed by atoms with Crippen molar-refractivity contribution < 1.29 is 9.21 Å². The van der Waals surface area contributed by atoms with Gasteiger partial charge in [0.05, 0.1) is 12.0 Å². The molecule has 1 heterocycles. The average Bonchev–Trinajstić information content (AvgIpc) is 2.93. The molecule has 19 heavy (non-hydrogen) atoms. The summed E-state index contributed by atoms with van der Waals surface area (Å²) in [5.74, 6) is -0.112. The monoisotopic (exact) mass is 320 g/mol. The minimum atomic E-state index is -0.356. The highest BCUT2D eigenvalue weighted by Crippen LogP contribution is 2.13. The van der Waals surface area contributed by atoms with Gasteiger partial charge in [0.15, 0.2) is 5.76 Å². The Labute approximate surface area is 119 Å². The Hall–Kier alpha value is -1.88. The topological polar surface area (TPSA) is 54.6 Å². The largest absolute Gasteiger partial charge is 0.459 e. The van der Waals surface area contributed by atoms with Crippen molar-refractivity contribution in [3.05, 3.63) is 58.5 Å². The molecule has 5 heteroatoms. The maximum atomic E-state index is 11.7. The predicted octanol–water partition coefficient (Wildman–Crippen LogP) is 3.59. The number of amides is 1. The first-order valence-corrected chi connectivity index (χ1v) is 6.66. The summed E-state index contributed by atoms with van der Waals surface area (Å²) in [6.45, 7) is 1.98. The smallest absolute Gasteiger partial charge is 0.307 e. The fraction of sp³-hybridized carbons (Fsp3) is 0.143. The molecule has 2 rings (SSSR count). The number of hydrogen-bond donors (Lipinski definition) is 1. The average molecular weight is 321 g/mol. The summed E-state index contributed by atoms with van der Waals surface area (Å²) in [5, 5.41) is 4.15. The van der Waals surface area contributed by atoms with Gasteiger partial charge < -0.3 is 4.42 Å². The Morgan fingerprint density at radius 2 is 2.21 bits per heavy atom. The molecule has 0 atom stereocenters. The van der Waals surface area contributed by atoms with Gasteiger partial charge in [0.1, 0.15) is 0 Å². The van der Waals surface area contributed by atoms with Gasteiger partial charge in [-0.05, 0) is 36.2 Å². The fourth-order valence-corrected chi connectivity index (χ4v) is 2.00. The van der Waals surface area contributed by atoms with Crippen molar-refractivity contribution in [3.8, 4) is 0 Å². The second kappa shape index (κ2) is 6.33. The lowest BCUT2D eigenvalue weighted by atomic mass is 10.1. The molecule has 0 fully saturated rings. The van der Waals surface area contributed by atoms with Gasteiger partial charge in [0.25, 0.3) is 0 Å². The molecule has 1 amide bonds. The lowest BCUT2D eigenvalue weighted by Crippen LogP contribution is -2.19. The normalized spacial score (nSPS) is 11.4. The molecule has 0 spiro atoms. The Morgan fingerprint density at radius 3 is 2.84 bits per heavy atom. The summed E-state index contributed by atoms with van der Waals surface area (Å²) in [6.07, 6.45) is 2.17. The number of halogens is 1. The fourth-order valence-electron chi connectivity index (χ4n) is 1.60. The van der Waals surface area contributed by atoms with Gasteiger partial charge >= 0.3 is 5.91 Å². The quantitative estimate of drug-likeness (QED) is 0.691. The van der Waals surface area contributed by atoms with Crippen molar-refractivity contribution >= 4 is 27.5 Å². The first kappa shape index (κ1) is 13.5. The number of carbonyl (C=O) groups is 1. The van der Waals surface area contributed by atoms with Crippen LogP contribution in [-0.4, -0.2) is 11.6 Å². The number of furan rings is 1. The van der Waals surface area contributed by atoms with Gasteiger partial charge in [0.2, 0.25) is 0 Å². The number of carbonyl (C=O) groups excluding carboxylic acids is 1. The van der Waals surface area contributed by atoms with Crippen molar-refractivity contribution in [2.75, 3.05) is 0 Å². The number of rotatable bonds is 4. The van der Waals surface area contributed by atoms with E-state index < -0.39 is 0 Å². The third kappa shape index (κ3) is 3.54. The lowest BCUT2D eigenvalue weighted by Gasteiger charge is -2.05. The van der Waals surface area contributed by atoms with Crippen LogP contribution in [0.3, 0.4) is 0 Å². The Morgan fingerprint density at radius 1 is 1.37 bits per heavy atom. The minimum absolute atomic E-state index is 0.244. The van der Waals surface area contributed by atoms with E-state index in [-0.39, 0.29) is 11.7 Å². The number of hydrogen-bond acceptors (Lipinski definition) is 3. The molecule has 0 aliphatic heterocycles. The van der Waals surface area contributed by atoms with E-state index >= 15 is 0 Å². The molecular formula is C14H13BrN2O2. The van der Waals surface area contributed by atoms with Crippen LogP contribution in [0.15, 0.2) is 56.7 Å². The van der Waals surface area contributed by atoms with E-state index in [0.29, 0.717) is 0 Å². The van der Waals surface area contributed by atoms with E-state index in [1.807, 2.05) is 31.2 Å². The summed E-state index contributed by atoms with van der Waals surface area (Å²) in [5.41, 5.74) is 4.27. The molecule has 0 aliphatic carbocycles. The van der Waals surface area contributed by atoms with Crippen LogP contribution in [0.2, 0.25) is 0 Å². The van der Waals surface area contributed by atoms with Crippen LogP contribution in [-0.2, 0) is 0 Å². The van der Waals surface area contributed by atoms with Gasteiger partial charge in [0, 0.05) is 4.47 Å². The summed E-state index contributed by atoms with van der Waals surface area (Å²) >= 11 is 3.41. The van der Waals surface area contributed by atoms with Crippen molar-refractivity contribution in [3.63, 3.8) is 0 Å². The Bertz CT molecular complexity index is 591. The second-order valence-electron chi connectivity index (χ2n) is 3.84. The summed E-state index contributed by atoms with van der Waals surface area (Å²) in [7, 11) is 0. The van der Waals surface area contributed by atoms with Crippen molar-refractivity contribution in [1.29, 1.82) is 0 Å². The zero-order valence-corrected chi connectivity index (χ0v) is 12.0. The molecule has 4 nitrogen and oxygen atoms in total. The summed E-state index contributed by atoms with van der Waals surface area (Å²) < 4.78 is 5.97. The van der Waals surface area contributed by atoms with Crippen LogP contribution in [0.1, 0.15) is 29.5 Å². The van der Waals surface area contributed by atoms with E-state index in [2.05, 4.69) is 26.5 Å². The third-order valence-electron chi connectivity index (χ3n) is 2.53. The molecular weight excluding hydrogens is 308 g/mol. The van der Waals surface area contributed by atoms with Gasteiger partial charge in [-0.15, -0.1) is 0 Å². The van der Waals surface area contributed by atoms with Gasteiger partial charge in [-0.2, -0.15) is 5.10 Å². The molecule has 0 unspecified atom stereocenters. The highest BCUT2D eigenvalue weighted by Gasteiger charge is 2.08. The molecule has 98 valence electrons. The van der Waals surface area contributed by atoms with E-state index in [4.69, 9.17) is 4.42 Å². The Kier molecular flexibility index (Phi) is 4.52. The van der Waals surface area contributed by atoms with Crippen LogP contribution < -0.4 is 5.43 Å². The van der Waals surface area contributed by atoms with Crippen LogP contribution in [0.5, 0.6) is 0 Å². The highest BCUT2D eigenvalue weighted by molar-refractivity contribution is 9.10. The number of hydrazone groups is 1. The molecule has 0 aliphatic rings. The van der Waals surface area contributed by atoms with E-state index in [1.165, 1.54) is 6.26 Å². The molecule has 1 aromatic carbocycles. The summed E-state index contributed by atoms with van der Waals surface area (Å²) in [6, 6.07) is 11.0. The lowest BCUT2D eigenvalue weighted by molar-refractivity contribution is 0.0927. The van der Waals surface area contributed by atoms with Crippen LogP contribution in [0, 0.1) is 0 Å². The second-order valence-corrected chi connectivity index (χ2v) is 4.76. The van der Waals surface area contributed by atoms with Crippen molar-refractivity contribution in [1.82, 2.24) is 5.43 Å². The van der Waals surface area contributed by atoms with Crippen LogP contribution in [0.4, 0.5) is 0 Å². The molecule has 2 aromatic rings. The standard InChI is InChI=1S/C14H13BrN2O2/c1-2-12(10-5-3-6-11(15)9-10)16-17-14(18)13-7-4-8-19-13/h3-9H,2H2,1H3,(H,17,18)/b16-12-. The molecule has 0 radical (unpaired) electrons. The molecule has 0 bridgehead atoms. The maximum absolute atomic E-state index is 11.7. The van der Waals surface area contributed by atoms with Gasteiger partial charge in [-0.3, -0.25) is 4.79 Å². The zero-order chi connectivity index (χ0) is 13.7. The highest BCUT2D eigenvalue weighted by atomic mass is 79.9. The maximum Gasteiger partial charge on any atom is 0.307 e. The van der Waals surface area contributed by atoms with E-state index in [9.17, 15) is 4.79 Å². The summed E-state index contributed by atoms with van der Waals surface area (Å²) in [4.78, 5) is 11.7. The van der Waals surface area contributed by atoms with Crippen molar-refractivity contribution in [2.24, 2.45) is 5.10 Å². The molecule has 1 N–H and O–H groups in total. The van der Waals surface area contributed by atoms with Crippen LogP contribution >= 0.6 is 15.9 Å². The predicted molar refractivity (Wildman–Crippen MR) is 77.1 cm³/mol. The van der Waals surface area contributed by atoms with Crippen molar-refractivity contribution in [2.45, 2.75) is 13.3 Å². The van der Waals surface area contributed by atoms with E-state index in [0.717, 1.165) is 22.2 Å². The SMILES string of the molecule is CC/C(=N/NC(=O)c1ccco1)c1cccc(Br)c1. The zero-order valence-electron chi connectivity index (χ0n) is 10.4. The number of nitrogens with one attached hydrogen (secondary N) is 1. The van der Waals surface area contributed by atoms with Crippen LogP contribution in [0.25, 0.3) is 0 Å². The molecule has 0 saturated heterocycles. The molecule has 0 saturated carbocycles. The first-order valence-electron chi connectivity index (χ1n) is 5.87.